The molecular weight excluding hydrogens is 233 g/mol. The molecule has 0 heterocycles. The molecule has 0 nitrogen and oxygen atoms in total. The Hall–Kier alpha value is 1.59. The Morgan fingerprint density at radius 2 is 1.30 bits per heavy atom. The zero-order valence-corrected chi connectivity index (χ0v) is 9.71. The third kappa shape index (κ3) is 5.27. The molecule has 0 aromatic heterocycles. The van der Waals surface area contributed by atoms with Gasteiger partial charge in [0.15, 0.2) is 0 Å². The van der Waals surface area contributed by atoms with Crippen LogP contribution in [0.4, 0.5) is 0 Å². The van der Waals surface area contributed by atoms with Crippen molar-refractivity contribution in [3.8, 4) is 0 Å². The Balaban J connectivity index is 3.97. The first kappa shape index (κ1) is 11.6. The minimum atomic E-state index is -2.48. The first-order valence-corrected chi connectivity index (χ1v) is 8.89. The van der Waals surface area contributed by atoms with Crippen molar-refractivity contribution in [1.29, 1.82) is 0 Å². The quantitative estimate of drug-likeness (QED) is 0.518. The maximum atomic E-state index is 6.12. The normalized spacial score (nSPS) is 16.3. The van der Waals surface area contributed by atoms with Gasteiger partial charge in [-0.05, 0) is 0 Å². The summed E-state index contributed by atoms with van der Waals surface area (Å²) >= 11 is 23.3. The van der Waals surface area contributed by atoms with Crippen LogP contribution in [0.15, 0.2) is 0 Å². The average molecular weight is 244 g/mol. The molecule has 0 bridgehead atoms. The van der Waals surface area contributed by atoms with Crippen molar-refractivity contribution < 1.29 is 0 Å². The topological polar surface area (TPSA) is 0 Å². The summed E-state index contributed by atoms with van der Waals surface area (Å²) in [5.74, 6) is 1.02. The predicted octanol–water partition coefficient (Wildman–Crippen LogP) is 3.95. The molecule has 0 amide bonds. The Kier molecular flexibility index (Phi) is 4.64. The maximum absolute atomic E-state index is 6.12. The van der Waals surface area contributed by atoms with Crippen LogP contribution in [0.25, 0.3) is 0 Å². The fourth-order valence-corrected chi connectivity index (χ4v) is 6.38. The minimum absolute atomic E-state index is 0.512. The summed E-state index contributed by atoms with van der Waals surface area (Å²) in [4.78, 5) is 0. The molecule has 0 aromatic rings. The van der Waals surface area contributed by atoms with Crippen LogP contribution >= 0.6 is 51.0 Å². The number of rotatable bonds is 4. The second kappa shape index (κ2) is 4.01. The summed E-state index contributed by atoms with van der Waals surface area (Å²) in [5.41, 5.74) is 0. The van der Waals surface area contributed by atoms with Crippen LogP contribution in [0, 0.1) is 0 Å². The van der Waals surface area contributed by atoms with E-state index in [4.69, 9.17) is 45.7 Å². The Morgan fingerprint density at radius 1 is 1.00 bits per heavy atom. The van der Waals surface area contributed by atoms with Crippen LogP contribution in [0.1, 0.15) is 0 Å². The summed E-state index contributed by atoms with van der Waals surface area (Å²) < 4.78 is 0. The van der Waals surface area contributed by atoms with Gasteiger partial charge < -0.3 is 0 Å². The molecule has 0 saturated carbocycles. The van der Waals surface area contributed by atoms with Crippen molar-refractivity contribution >= 4 is 51.0 Å². The van der Waals surface area contributed by atoms with Crippen LogP contribution < -0.4 is 0 Å². The van der Waals surface area contributed by atoms with Crippen LogP contribution in [0.5, 0.6) is 0 Å². The number of hydrogen-bond donors (Lipinski definition) is 0. The molecule has 0 N–H and O–H groups in total. The first-order chi connectivity index (χ1) is 4.39. The molecule has 0 radical (unpaired) electrons. The molecule has 0 rings (SSSR count). The summed E-state index contributed by atoms with van der Waals surface area (Å²) in [5, 5.41) is -2.48. The predicted molar refractivity (Wildman–Crippen MR) is 55.7 cm³/mol. The Labute approximate surface area is 81.7 Å². The molecule has 10 heavy (non-hydrogen) atoms. The third-order valence-corrected chi connectivity index (χ3v) is 6.85. The van der Waals surface area contributed by atoms with E-state index in [1.807, 2.05) is 6.66 Å². The fraction of sp³-hybridized carbons (Fsp3) is 1.00. The zero-order chi connectivity index (χ0) is 8.28. The van der Waals surface area contributed by atoms with Crippen LogP contribution in [0.2, 0.25) is 0 Å². The molecule has 0 aromatic carbocycles. The number of halogens is 4. The molecule has 0 aliphatic heterocycles. The summed E-state index contributed by atoms with van der Waals surface area (Å²) in [7, 11) is 0. The Bertz CT molecular complexity index is 96.0. The molecule has 0 spiro atoms. The Morgan fingerprint density at radius 3 is 1.50 bits per heavy atom. The number of alkyl halides is 2. The summed E-state index contributed by atoms with van der Waals surface area (Å²) in [6.07, 6.45) is 1.37. The van der Waals surface area contributed by atoms with Crippen molar-refractivity contribution in [1.82, 2.24) is 0 Å². The van der Waals surface area contributed by atoms with Gasteiger partial charge in [-0.2, -0.15) is 0 Å². The van der Waals surface area contributed by atoms with Gasteiger partial charge in [-0.3, -0.25) is 0 Å². The standard InChI is InChI=1S/C5H11Cl4P/c1-10(8,9,4-2-6)5-3-7/h2-5H2,1H3. The van der Waals surface area contributed by atoms with E-state index in [0.717, 1.165) is 0 Å². The summed E-state index contributed by atoms with van der Waals surface area (Å²) in [6.45, 7) is 1.87. The second-order valence-corrected chi connectivity index (χ2v) is 14.1. The van der Waals surface area contributed by atoms with Crippen LogP contribution in [-0.4, -0.2) is 30.7 Å². The van der Waals surface area contributed by atoms with Crippen molar-refractivity contribution in [2.24, 2.45) is 0 Å². The monoisotopic (exact) mass is 242 g/mol. The SMILES string of the molecule is CP(Cl)(Cl)(CCCl)CCCl. The van der Waals surface area contributed by atoms with Gasteiger partial charge in [-0.1, -0.05) is 0 Å². The van der Waals surface area contributed by atoms with E-state index >= 15 is 0 Å². The van der Waals surface area contributed by atoms with E-state index in [9.17, 15) is 0 Å². The van der Waals surface area contributed by atoms with Crippen molar-refractivity contribution in [2.45, 2.75) is 0 Å². The van der Waals surface area contributed by atoms with E-state index in [1.165, 1.54) is 0 Å². The van der Waals surface area contributed by atoms with Crippen molar-refractivity contribution in [3.63, 3.8) is 0 Å². The zero-order valence-electron chi connectivity index (χ0n) is 5.79. The molecule has 0 aliphatic rings. The molecule has 0 unspecified atom stereocenters. The van der Waals surface area contributed by atoms with Crippen LogP contribution in [-0.2, 0) is 0 Å². The molecule has 5 heteroatoms. The molecule has 0 aliphatic carbocycles. The first-order valence-electron chi connectivity index (χ1n) is 2.95. The fourth-order valence-electron chi connectivity index (χ4n) is 0.528. The second-order valence-electron chi connectivity index (χ2n) is 2.56. The van der Waals surface area contributed by atoms with Gasteiger partial charge in [0.25, 0.3) is 0 Å². The van der Waals surface area contributed by atoms with Gasteiger partial charge in [0.05, 0.1) is 0 Å². The van der Waals surface area contributed by atoms with E-state index in [2.05, 4.69) is 0 Å². The van der Waals surface area contributed by atoms with Gasteiger partial charge in [0, 0.05) is 0 Å². The van der Waals surface area contributed by atoms with Gasteiger partial charge in [-0.25, -0.2) is 0 Å². The molecule has 0 saturated heterocycles. The van der Waals surface area contributed by atoms with E-state index in [-0.39, 0.29) is 0 Å². The molecule has 64 valence electrons. The van der Waals surface area contributed by atoms with E-state index in [1.54, 1.807) is 0 Å². The molecule has 0 atom stereocenters. The van der Waals surface area contributed by atoms with E-state index in [0.29, 0.717) is 24.1 Å². The summed E-state index contributed by atoms with van der Waals surface area (Å²) in [6, 6.07) is 0. The van der Waals surface area contributed by atoms with Crippen molar-refractivity contribution in [2.75, 3.05) is 30.7 Å². The molecule has 0 fully saturated rings. The van der Waals surface area contributed by atoms with Gasteiger partial charge in [0.2, 0.25) is 0 Å². The third-order valence-electron chi connectivity index (χ3n) is 1.27. The number of hydrogen-bond acceptors (Lipinski definition) is 0. The molecular formula is C5H11Cl4P. The average Bonchev–Trinajstić information content (AvgIpc) is 1.61. The van der Waals surface area contributed by atoms with Crippen molar-refractivity contribution in [3.05, 3.63) is 0 Å². The van der Waals surface area contributed by atoms with Gasteiger partial charge >= 0.3 is 81.7 Å². The van der Waals surface area contributed by atoms with Gasteiger partial charge in [-0.15, -0.1) is 0 Å². The van der Waals surface area contributed by atoms with E-state index < -0.39 is 5.31 Å². The van der Waals surface area contributed by atoms with Gasteiger partial charge in [0.1, 0.15) is 0 Å². The van der Waals surface area contributed by atoms with Crippen LogP contribution in [0.3, 0.4) is 0 Å².